The second kappa shape index (κ2) is 5.16. The molecule has 0 spiro atoms. The molecule has 0 aliphatic carbocycles. The van der Waals surface area contributed by atoms with Crippen molar-refractivity contribution in [3.05, 3.63) is 29.8 Å². The molecule has 2 N–H and O–H groups in total. The van der Waals surface area contributed by atoms with E-state index >= 15 is 0 Å². The lowest BCUT2D eigenvalue weighted by molar-refractivity contribution is -0.151. The van der Waals surface area contributed by atoms with Crippen LogP contribution in [0.15, 0.2) is 24.3 Å². The SMILES string of the molecule is CC(=O)O[C@@H](CC(=O)O)c1ccc(O)cc1. The van der Waals surface area contributed by atoms with Gasteiger partial charge in [0.2, 0.25) is 0 Å². The molecular formula is C11H12O5. The van der Waals surface area contributed by atoms with Gasteiger partial charge in [-0.25, -0.2) is 0 Å². The number of hydrogen-bond donors (Lipinski definition) is 2. The van der Waals surface area contributed by atoms with Crippen molar-refractivity contribution in [3.63, 3.8) is 0 Å². The third-order valence-corrected chi connectivity index (χ3v) is 1.93. The first-order chi connectivity index (χ1) is 7.49. The number of phenolic OH excluding ortho intramolecular Hbond substituents is 1. The summed E-state index contributed by atoms with van der Waals surface area (Å²) >= 11 is 0. The van der Waals surface area contributed by atoms with Gasteiger partial charge in [-0.2, -0.15) is 0 Å². The first-order valence-corrected chi connectivity index (χ1v) is 4.67. The summed E-state index contributed by atoms with van der Waals surface area (Å²) in [4.78, 5) is 21.4. The maximum atomic E-state index is 10.8. The van der Waals surface area contributed by atoms with E-state index in [0.29, 0.717) is 5.56 Å². The number of rotatable bonds is 4. The molecule has 0 saturated carbocycles. The third-order valence-electron chi connectivity index (χ3n) is 1.93. The summed E-state index contributed by atoms with van der Waals surface area (Å²) in [7, 11) is 0. The van der Waals surface area contributed by atoms with Gasteiger partial charge in [0.05, 0.1) is 6.42 Å². The van der Waals surface area contributed by atoms with Crippen LogP contribution in [0.2, 0.25) is 0 Å². The van der Waals surface area contributed by atoms with E-state index in [4.69, 9.17) is 14.9 Å². The summed E-state index contributed by atoms with van der Waals surface area (Å²) in [6.45, 7) is 1.22. The first-order valence-electron chi connectivity index (χ1n) is 4.67. The molecule has 5 nitrogen and oxygen atoms in total. The van der Waals surface area contributed by atoms with Gasteiger partial charge in [-0.3, -0.25) is 9.59 Å². The van der Waals surface area contributed by atoms with Crippen molar-refractivity contribution in [2.75, 3.05) is 0 Å². The molecule has 0 radical (unpaired) electrons. The quantitative estimate of drug-likeness (QED) is 0.756. The van der Waals surface area contributed by atoms with Crippen LogP contribution in [-0.2, 0) is 14.3 Å². The van der Waals surface area contributed by atoms with Gasteiger partial charge < -0.3 is 14.9 Å². The largest absolute Gasteiger partial charge is 0.508 e. The van der Waals surface area contributed by atoms with Crippen molar-refractivity contribution in [2.45, 2.75) is 19.4 Å². The highest BCUT2D eigenvalue weighted by Crippen LogP contribution is 2.23. The Labute approximate surface area is 92.3 Å². The van der Waals surface area contributed by atoms with E-state index < -0.39 is 18.0 Å². The number of aromatic hydroxyl groups is 1. The smallest absolute Gasteiger partial charge is 0.307 e. The molecule has 0 aliphatic rings. The standard InChI is InChI=1S/C11H12O5/c1-7(12)16-10(6-11(14)15)8-2-4-9(13)5-3-8/h2-5,10,13H,6H2,1H3,(H,14,15)/t10-/m0/s1. The zero-order chi connectivity index (χ0) is 12.1. The molecular weight excluding hydrogens is 212 g/mol. The maximum absolute atomic E-state index is 10.8. The Morgan fingerprint density at radius 2 is 1.88 bits per heavy atom. The Balaban J connectivity index is 2.86. The topological polar surface area (TPSA) is 83.8 Å². The molecule has 0 unspecified atom stereocenters. The van der Waals surface area contributed by atoms with Crippen molar-refractivity contribution in [1.29, 1.82) is 0 Å². The number of aliphatic carboxylic acids is 1. The van der Waals surface area contributed by atoms with E-state index in [1.54, 1.807) is 0 Å². The average Bonchev–Trinajstić information content (AvgIpc) is 2.16. The summed E-state index contributed by atoms with van der Waals surface area (Å²) in [5.41, 5.74) is 0.537. The van der Waals surface area contributed by atoms with Gasteiger partial charge in [-0.05, 0) is 17.7 Å². The number of carboxylic acids is 1. The molecule has 0 amide bonds. The molecule has 0 bridgehead atoms. The maximum Gasteiger partial charge on any atom is 0.307 e. The Kier molecular flexibility index (Phi) is 3.88. The third kappa shape index (κ3) is 3.61. The van der Waals surface area contributed by atoms with Crippen molar-refractivity contribution >= 4 is 11.9 Å². The number of hydrogen-bond acceptors (Lipinski definition) is 4. The molecule has 0 aliphatic heterocycles. The lowest BCUT2D eigenvalue weighted by atomic mass is 10.1. The van der Waals surface area contributed by atoms with Crippen LogP contribution in [0.1, 0.15) is 25.0 Å². The van der Waals surface area contributed by atoms with Gasteiger partial charge in [0, 0.05) is 6.92 Å². The van der Waals surface area contributed by atoms with Crippen molar-refractivity contribution in [1.82, 2.24) is 0 Å². The first kappa shape index (κ1) is 12.0. The lowest BCUT2D eigenvalue weighted by Gasteiger charge is -2.15. The van der Waals surface area contributed by atoms with Crippen LogP contribution in [0.3, 0.4) is 0 Å². The number of carbonyl (C=O) groups is 2. The highest BCUT2D eigenvalue weighted by molar-refractivity contribution is 5.70. The Morgan fingerprint density at radius 1 is 1.31 bits per heavy atom. The summed E-state index contributed by atoms with van der Waals surface area (Å²) in [6, 6.07) is 5.86. The van der Waals surface area contributed by atoms with Crippen LogP contribution < -0.4 is 0 Å². The molecule has 5 heteroatoms. The fourth-order valence-electron chi connectivity index (χ4n) is 1.28. The van der Waals surface area contributed by atoms with Gasteiger partial charge in [0.25, 0.3) is 0 Å². The summed E-state index contributed by atoms with van der Waals surface area (Å²) in [6.07, 6.45) is -1.12. The zero-order valence-electron chi connectivity index (χ0n) is 8.71. The summed E-state index contributed by atoms with van der Waals surface area (Å²) in [5, 5.41) is 17.8. The number of benzene rings is 1. The monoisotopic (exact) mass is 224 g/mol. The predicted molar refractivity (Wildman–Crippen MR) is 54.9 cm³/mol. The van der Waals surface area contributed by atoms with Crippen LogP contribution in [0.25, 0.3) is 0 Å². The molecule has 86 valence electrons. The molecule has 1 rings (SSSR count). The lowest BCUT2D eigenvalue weighted by Crippen LogP contribution is -2.12. The number of carbonyl (C=O) groups excluding carboxylic acids is 1. The fourth-order valence-corrected chi connectivity index (χ4v) is 1.28. The molecule has 16 heavy (non-hydrogen) atoms. The van der Waals surface area contributed by atoms with Gasteiger partial charge in [0.1, 0.15) is 11.9 Å². The molecule has 0 fully saturated rings. The summed E-state index contributed by atoms with van der Waals surface area (Å²) < 4.78 is 4.89. The van der Waals surface area contributed by atoms with E-state index in [2.05, 4.69) is 0 Å². The van der Waals surface area contributed by atoms with Crippen molar-refractivity contribution in [3.8, 4) is 5.75 Å². The fraction of sp³-hybridized carbons (Fsp3) is 0.273. The van der Waals surface area contributed by atoms with E-state index in [9.17, 15) is 9.59 Å². The van der Waals surface area contributed by atoms with Gasteiger partial charge in [-0.1, -0.05) is 12.1 Å². The highest BCUT2D eigenvalue weighted by Gasteiger charge is 2.18. The van der Waals surface area contributed by atoms with E-state index in [-0.39, 0.29) is 12.2 Å². The minimum absolute atomic E-state index is 0.0700. The Hall–Kier alpha value is -2.04. The average molecular weight is 224 g/mol. The van der Waals surface area contributed by atoms with Crippen molar-refractivity contribution in [2.24, 2.45) is 0 Å². The van der Waals surface area contributed by atoms with E-state index in [0.717, 1.165) is 0 Å². The van der Waals surface area contributed by atoms with Crippen LogP contribution in [-0.4, -0.2) is 22.2 Å². The predicted octanol–water partition coefficient (Wildman–Crippen LogP) is 1.47. The number of ether oxygens (including phenoxy) is 1. The van der Waals surface area contributed by atoms with E-state index in [1.165, 1.54) is 31.2 Å². The summed E-state index contributed by atoms with van der Waals surface area (Å²) in [5.74, 6) is -1.53. The second-order valence-corrected chi connectivity index (χ2v) is 3.29. The molecule has 1 atom stereocenters. The molecule has 0 heterocycles. The minimum Gasteiger partial charge on any atom is -0.508 e. The van der Waals surface area contributed by atoms with Crippen LogP contribution in [0.5, 0.6) is 5.75 Å². The number of carboxylic acid groups (broad SMARTS) is 1. The van der Waals surface area contributed by atoms with Gasteiger partial charge >= 0.3 is 11.9 Å². The van der Waals surface area contributed by atoms with Gasteiger partial charge in [0.15, 0.2) is 0 Å². The van der Waals surface area contributed by atoms with Gasteiger partial charge in [-0.15, -0.1) is 0 Å². The normalized spacial score (nSPS) is 11.8. The van der Waals surface area contributed by atoms with E-state index in [1.807, 2.05) is 0 Å². The zero-order valence-corrected chi connectivity index (χ0v) is 8.71. The Bertz CT molecular complexity index is 366. The Morgan fingerprint density at radius 3 is 2.31 bits per heavy atom. The highest BCUT2D eigenvalue weighted by atomic mass is 16.5. The molecule has 0 aromatic heterocycles. The molecule has 0 saturated heterocycles. The second-order valence-electron chi connectivity index (χ2n) is 3.29. The number of phenols is 1. The van der Waals surface area contributed by atoms with Crippen LogP contribution in [0.4, 0.5) is 0 Å². The van der Waals surface area contributed by atoms with Crippen LogP contribution >= 0.6 is 0 Å². The number of esters is 1. The molecule has 1 aromatic carbocycles. The molecule has 1 aromatic rings. The van der Waals surface area contributed by atoms with Crippen LogP contribution in [0, 0.1) is 0 Å². The minimum atomic E-state index is -1.06. The van der Waals surface area contributed by atoms with Crippen molar-refractivity contribution < 1.29 is 24.5 Å².